The van der Waals surface area contributed by atoms with Gasteiger partial charge >= 0.3 is 6.09 Å². The molecule has 1 aromatic carbocycles. The fraction of sp³-hybridized carbons (Fsp3) is 0.480. The van der Waals surface area contributed by atoms with E-state index in [0.29, 0.717) is 17.9 Å². The Labute approximate surface area is 185 Å². The van der Waals surface area contributed by atoms with Crippen LogP contribution in [0.4, 0.5) is 10.6 Å². The molecule has 31 heavy (non-hydrogen) atoms. The Morgan fingerprint density at radius 3 is 2.45 bits per heavy atom. The second-order valence-corrected chi connectivity index (χ2v) is 9.46. The van der Waals surface area contributed by atoms with Crippen LogP contribution in [0.1, 0.15) is 69.4 Å². The summed E-state index contributed by atoms with van der Waals surface area (Å²) in [6.07, 6.45) is 3.25. The maximum absolute atomic E-state index is 13.0. The first kappa shape index (κ1) is 22.8. The van der Waals surface area contributed by atoms with Gasteiger partial charge in [0.1, 0.15) is 11.4 Å². The zero-order chi connectivity index (χ0) is 22.6. The molecule has 0 bridgehead atoms. The molecule has 0 saturated carbocycles. The van der Waals surface area contributed by atoms with Crippen molar-refractivity contribution in [2.45, 2.75) is 59.1 Å². The van der Waals surface area contributed by atoms with Crippen molar-refractivity contribution in [3.63, 3.8) is 0 Å². The minimum atomic E-state index is -0.575. The molecule has 1 aromatic heterocycles. The predicted molar refractivity (Wildman–Crippen MR) is 122 cm³/mol. The largest absolute Gasteiger partial charge is 0.443 e. The lowest BCUT2D eigenvalue weighted by Gasteiger charge is -2.28. The molecule has 0 unspecified atom stereocenters. The highest BCUT2D eigenvalue weighted by Gasteiger charge is 2.31. The number of rotatable bonds is 5. The van der Waals surface area contributed by atoms with Crippen LogP contribution in [0.5, 0.6) is 0 Å². The summed E-state index contributed by atoms with van der Waals surface area (Å²) < 4.78 is 5.58. The average Bonchev–Trinajstić information content (AvgIpc) is 3.20. The van der Waals surface area contributed by atoms with Crippen LogP contribution in [0.2, 0.25) is 0 Å². The minimum absolute atomic E-state index is 0.00525. The highest BCUT2D eigenvalue weighted by Crippen LogP contribution is 2.33. The summed E-state index contributed by atoms with van der Waals surface area (Å²) in [5.74, 6) is 0.871. The van der Waals surface area contributed by atoms with E-state index in [-0.39, 0.29) is 17.9 Å². The smallest absolute Gasteiger partial charge is 0.416 e. The lowest BCUT2D eigenvalue weighted by Crippen LogP contribution is -2.39. The molecule has 0 N–H and O–H groups in total. The monoisotopic (exact) mass is 423 g/mol. The summed E-state index contributed by atoms with van der Waals surface area (Å²) in [6, 6.07) is 13.2. The fourth-order valence-electron chi connectivity index (χ4n) is 3.80. The van der Waals surface area contributed by atoms with Crippen LogP contribution >= 0.6 is 0 Å². The molecular weight excluding hydrogens is 390 g/mol. The number of amides is 2. The van der Waals surface area contributed by atoms with Crippen molar-refractivity contribution in [1.82, 2.24) is 9.88 Å². The van der Waals surface area contributed by atoms with Crippen molar-refractivity contribution >= 4 is 17.8 Å². The Morgan fingerprint density at radius 1 is 1.16 bits per heavy atom. The first-order valence-corrected chi connectivity index (χ1v) is 11.0. The Morgan fingerprint density at radius 2 is 1.87 bits per heavy atom. The molecule has 3 rings (SSSR count). The molecule has 2 aromatic rings. The van der Waals surface area contributed by atoms with E-state index in [4.69, 9.17) is 4.74 Å². The topological polar surface area (TPSA) is 62.7 Å². The van der Waals surface area contributed by atoms with Crippen LogP contribution in [-0.4, -0.2) is 40.6 Å². The van der Waals surface area contributed by atoms with E-state index in [2.05, 4.69) is 18.8 Å². The molecule has 1 atom stereocenters. The molecule has 166 valence electrons. The van der Waals surface area contributed by atoms with E-state index < -0.39 is 11.7 Å². The van der Waals surface area contributed by atoms with Crippen LogP contribution < -0.4 is 4.90 Å². The first-order chi connectivity index (χ1) is 14.7. The van der Waals surface area contributed by atoms with E-state index in [1.54, 1.807) is 11.1 Å². The molecule has 1 fully saturated rings. The van der Waals surface area contributed by atoms with Crippen molar-refractivity contribution in [2.75, 3.05) is 18.0 Å². The van der Waals surface area contributed by atoms with Crippen LogP contribution in [-0.2, 0) is 4.74 Å². The summed E-state index contributed by atoms with van der Waals surface area (Å²) in [6.45, 7) is 10.9. The summed E-state index contributed by atoms with van der Waals surface area (Å²) >= 11 is 0. The van der Waals surface area contributed by atoms with Gasteiger partial charge in [0.2, 0.25) is 0 Å². The van der Waals surface area contributed by atoms with Gasteiger partial charge in [-0.05, 0) is 63.3 Å². The van der Waals surface area contributed by atoms with Gasteiger partial charge in [0.15, 0.2) is 0 Å². The maximum atomic E-state index is 13.0. The molecule has 0 radical (unpaired) electrons. The number of nitrogens with zero attached hydrogens (tertiary/aromatic N) is 3. The summed E-state index contributed by atoms with van der Waals surface area (Å²) in [7, 11) is 0. The second-order valence-electron chi connectivity index (χ2n) is 9.46. The number of likely N-dealkylation sites (tertiary alicyclic amines) is 1. The van der Waals surface area contributed by atoms with Crippen molar-refractivity contribution in [2.24, 2.45) is 5.92 Å². The summed E-state index contributed by atoms with van der Waals surface area (Å²) in [4.78, 5) is 33.8. The number of benzene rings is 1. The van der Waals surface area contributed by atoms with E-state index in [9.17, 15) is 9.59 Å². The van der Waals surface area contributed by atoms with Gasteiger partial charge < -0.3 is 9.64 Å². The first-order valence-electron chi connectivity index (χ1n) is 11.0. The number of anilines is 1. The molecule has 0 spiro atoms. The van der Waals surface area contributed by atoms with Crippen molar-refractivity contribution in [3.8, 4) is 0 Å². The highest BCUT2D eigenvalue weighted by molar-refractivity contribution is 5.94. The maximum Gasteiger partial charge on any atom is 0.416 e. The van der Waals surface area contributed by atoms with Crippen molar-refractivity contribution in [3.05, 3.63) is 59.8 Å². The Hall–Kier alpha value is -2.89. The number of ether oxygens (including phenoxy) is 1. The molecule has 0 aliphatic carbocycles. The van der Waals surface area contributed by atoms with Crippen molar-refractivity contribution in [1.29, 1.82) is 0 Å². The fourth-order valence-corrected chi connectivity index (χ4v) is 3.80. The molecule has 6 heteroatoms. The zero-order valence-electron chi connectivity index (χ0n) is 19.2. The van der Waals surface area contributed by atoms with Gasteiger partial charge in [0.25, 0.3) is 5.91 Å². The van der Waals surface area contributed by atoms with Crippen LogP contribution in [0, 0.1) is 5.92 Å². The lowest BCUT2D eigenvalue weighted by molar-refractivity contribution is 0.0574. The molecule has 2 heterocycles. The quantitative estimate of drug-likeness (QED) is 0.641. The molecule has 6 nitrogen and oxygen atoms in total. The van der Waals surface area contributed by atoms with Crippen LogP contribution in [0.25, 0.3) is 0 Å². The van der Waals surface area contributed by atoms with Crippen LogP contribution in [0.15, 0.2) is 48.7 Å². The SMILES string of the molecule is CC(C)CN(C(=O)OC(C)(C)C)c1ccc([C@@H]2CCCN2C(=O)c2ccccc2)cn1. The van der Waals surface area contributed by atoms with Gasteiger partial charge in [-0.25, -0.2) is 9.78 Å². The van der Waals surface area contributed by atoms with Gasteiger partial charge in [-0.3, -0.25) is 9.69 Å². The Kier molecular flexibility index (Phi) is 6.98. The number of pyridine rings is 1. The number of carbonyl (C=O) groups is 2. The minimum Gasteiger partial charge on any atom is -0.443 e. The average molecular weight is 424 g/mol. The molecule has 2 amide bonds. The van der Waals surface area contributed by atoms with E-state index >= 15 is 0 Å². The van der Waals surface area contributed by atoms with Gasteiger partial charge in [-0.15, -0.1) is 0 Å². The van der Waals surface area contributed by atoms with Crippen molar-refractivity contribution < 1.29 is 14.3 Å². The standard InChI is InChI=1S/C25H33N3O3/c1-18(2)17-28(24(30)31-25(3,4)5)22-14-13-20(16-26-22)21-12-9-15-27(21)23(29)19-10-7-6-8-11-19/h6-8,10-11,13-14,16,18,21H,9,12,15,17H2,1-5H3/t21-/m0/s1. The number of hydrogen-bond acceptors (Lipinski definition) is 4. The van der Waals surface area contributed by atoms with E-state index in [0.717, 1.165) is 24.9 Å². The zero-order valence-corrected chi connectivity index (χ0v) is 19.2. The van der Waals surface area contributed by atoms with Gasteiger partial charge in [-0.1, -0.05) is 38.1 Å². The normalized spacial score (nSPS) is 16.5. The molecule has 1 saturated heterocycles. The van der Waals surface area contributed by atoms with E-state index in [1.165, 1.54) is 0 Å². The Bertz CT molecular complexity index is 888. The van der Waals surface area contributed by atoms with Gasteiger partial charge in [-0.2, -0.15) is 0 Å². The highest BCUT2D eigenvalue weighted by atomic mass is 16.6. The molecule has 1 aliphatic rings. The summed E-state index contributed by atoms with van der Waals surface area (Å²) in [5, 5.41) is 0. The number of aromatic nitrogens is 1. The third-order valence-electron chi connectivity index (χ3n) is 5.13. The van der Waals surface area contributed by atoms with Gasteiger partial charge in [0.05, 0.1) is 6.04 Å². The molecule has 1 aliphatic heterocycles. The molecular formula is C25H33N3O3. The third-order valence-corrected chi connectivity index (χ3v) is 5.13. The van der Waals surface area contributed by atoms with E-state index in [1.807, 2.05) is 68.1 Å². The van der Waals surface area contributed by atoms with Crippen LogP contribution in [0.3, 0.4) is 0 Å². The lowest BCUT2D eigenvalue weighted by atomic mass is 10.1. The number of hydrogen-bond donors (Lipinski definition) is 0. The Balaban J connectivity index is 1.80. The summed E-state index contributed by atoms with van der Waals surface area (Å²) in [5.41, 5.74) is 1.11. The number of carbonyl (C=O) groups excluding carboxylic acids is 2. The predicted octanol–water partition coefficient (Wildman–Crippen LogP) is 5.46. The second kappa shape index (κ2) is 9.50. The third kappa shape index (κ3) is 5.84. The van der Waals surface area contributed by atoms with Gasteiger partial charge in [0, 0.05) is 24.8 Å².